The molecule has 1 aromatic rings. The van der Waals surface area contributed by atoms with Gasteiger partial charge in [-0.05, 0) is 25.3 Å². The number of anilines is 1. The Balaban J connectivity index is 2.15. The van der Waals surface area contributed by atoms with Crippen molar-refractivity contribution in [3.8, 4) is 0 Å². The summed E-state index contributed by atoms with van der Waals surface area (Å²) in [5, 5.41) is 0. The summed E-state index contributed by atoms with van der Waals surface area (Å²) in [5.74, 6) is 0.759. The maximum atomic E-state index is 5.96. The highest BCUT2D eigenvalue weighted by Crippen LogP contribution is 2.17. The molecule has 4 nitrogen and oxygen atoms in total. The van der Waals surface area contributed by atoms with Gasteiger partial charge in [0, 0.05) is 18.9 Å². The topological polar surface area (TPSA) is 55.0 Å². The van der Waals surface area contributed by atoms with Crippen molar-refractivity contribution < 1.29 is 0 Å². The van der Waals surface area contributed by atoms with E-state index in [0.717, 1.165) is 18.9 Å². The van der Waals surface area contributed by atoms with Crippen molar-refractivity contribution in [1.29, 1.82) is 0 Å². The van der Waals surface area contributed by atoms with Gasteiger partial charge in [-0.25, -0.2) is 9.97 Å². The van der Waals surface area contributed by atoms with E-state index >= 15 is 0 Å². The van der Waals surface area contributed by atoms with Crippen molar-refractivity contribution >= 4 is 5.95 Å². The van der Waals surface area contributed by atoms with E-state index in [0.29, 0.717) is 0 Å². The molecule has 1 aliphatic rings. The molecule has 1 atom stereocenters. The highest BCUT2D eigenvalue weighted by Gasteiger charge is 2.20. The molecule has 0 saturated carbocycles. The minimum atomic E-state index is 0.0937. The molecule has 1 aromatic heterocycles. The number of hydrogen-bond acceptors (Lipinski definition) is 4. The smallest absolute Gasteiger partial charge is 0.226 e. The van der Waals surface area contributed by atoms with Crippen LogP contribution in [0.5, 0.6) is 0 Å². The van der Waals surface area contributed by atoms with Crippen molar-refractivity contribution in [1.82, 2.24) is 9.97 Å². The molecule has 0 radical (unpaired) electrons. The molecule has 2 rings (SSSR count). The number of piperidine rings is 1. The lowest BCUT2D eigenvalue weighted by Crippen LogP contribution is -2.46. The molecule has 2 N–H and O–H groups in total. The molecular formula is C9H14N4. The fourth-order valence-corrected chi connectivity index (χ4v) is 1.65. The summed E-state index contributed by atoms with van der Waals surface area (Å²) in [6.45, 7) is 0.977. The predicted octanol–water partition coefficient (Wildman–Crippen LogP) is 0.752. The summed E-state index contributed by atoms with van der Waals surface area (Å²) >= 11 is 0. The standard InChI is InChI=1S/C9H14N4/c10-8-4-1-2-7-13(8)9-11-5-3-6-12-9/h3,5-6,8H,1-2,4,7,10H2/t8-/m0/s1. The molecule has 1 aliphatic heterocycles. The van der Waals surface area contributed by atoms with Crippen LogP contribution in [-0.2, 0) is 0 Å². The molecule has 70 valence electrons. The quantitative estimate of drug-likeness (QED) is 0.689. The largest absolute Gasteiger partial charge is 0.326 e. The van der Waals surface area contributed by atoms with Crippen LogP contribution in [0.4, 0.5) is 5.95 Å². The van der Waals surface area contributed by atoms with Crippen molar-refractivity contribution in [2.45, 2.75) is 25.4 Å². The van der Waals surface area contributed by atoms with Crippen LogP contribution >= 0.6 is 0 Å². The SMILES string of the molecule is N[C@@H]1CCCCN1c1ncccn1. The van der Waals surface area contributed by atoms with Gasteiger partial charge in [0.1, 0.15) is 0 Å². The Morgan fingerprint density at radius 2 is 2.08 bits per heavy atom. The van der Waals surface area contributed by atoms with E-state index < -0.39 is 0 Å². The molecule has 4 heteroatoms. The summed E-state index contributed by atoms with van der Waals surface area (Å²) in [4.78, 5) is 10.4. The average Bonchev–Trinajstić information content (AvgIpc) is 2.20. The van der Waals surface area contributed by atoms with E-state index in [4.69, 9.17) is 5.73 Å². The van der Waals surface area contributed by atoms with Crippen LogP contribution < -0.4 is 10.6 Å². The summed E-state index contributed by atoms with van der Waals surface area (Å²) in [6.07, 6.45) is 7.04. The molecule has 0 aromatic carbocycles. The van der Waals surface area contributed by atoms with Crippen molar-refractivity contribution in [2.24, 2.45) is 5.73 Å². The van der Waals surface area contributed by atoms with Crippen LogP contribution in [0.3, 0.4) is 0 Å². The normalized spacial score (nSPS) is 23.2. The van der Waals surface area contributed by atoms with Gasteiger partial charge in [0.25, 0.3) is 0 Å². The number of nitrogens with zero attached hydrogens (tertiary/aromatic N) is 3. The first-order chi connectivity index (χ1) is 6.38. The Labute approximate surface area is 77.8 Å². The highest BCUT2D eigenvalue weighted by molar-refractivity contribution is 5.30. The fraction of sp³-hybridized carbons (Fsp3) is 0.556. The Kier molecular flexibility index (Phi) is 2.40. The third-order valence-corrected chi connectivity index (χ3v) is 2.36. The number of nitrogens with two attached hydrogens (primary N) is 1. The third kappa shape index (κ3) is 1.78. The molecule has 0 unspecified atom stereocenters. The second kappa shape index (κ2) is 3.70. The van der Waals surface area contributed by atoms with E-state index in [2.05, 4.69) is 14.9 Å². The molecule has 13 heavy (non-hydrogen) atoms. The van der Waals surface area contributed by atoms with Gasteiger partial charge in [0.15, 0.2) is 0 Å². The monoisotopic (exact) mass is 178 g/mol. The molecule has 0 bridgehead atoms. The molecule has 0 spiro atoms. The highest BCUT2D eigenvalue weighted by atomic mass is 15.3. The van der Waals surface area contributed by atoms with E-state index in [1.54, 1.807) is 12.4 Å². The van der Waals surface area contributed by atoms with Crippen LogP contribution in [0.2, 0.25) is 0 Å². The first-order valence-electron chi connectivity index (χ1n) is 4.67. The van der Waals surface area contributed by atoms with Crippen molar-refractivity contribution in [3.63, 3.8) is 0 Å². The molecule has 0 aliphatic carbocycles. The van der Waals surface area contributed by atoms with Gasteiger partial charge < -0.3 is 10.6 Å². The lowest BCUT2D eigenvalue weighted by Gasteiger charge is -2.32. The second-order valence-corrected chi connectivity index (χ2v) is 3.31. The summed E-state index contributed by atoms with van der Waals surface area (Å²) in [5.41, 5.74) is 5.96. The zero-order chi connectivity index (χ0) is 9.10. The van der Waals surface area contributed by atoms with Crippen molar-refractivity contribution in [2.75, 3.05) is 11.4 Å². The van der Waals surface area contributed by atoms with Gasteiger partial charge in [-0.1, -0.05) is 0 Å². The number of rotatable bonds is 1. The molecule has 2 heterocycles. The van der Waals surface area contributed by atoms with Crippen LogP contribution in [-0.4, -0.2) is 22.7 Å². The Morgan fingerprint density at radius 1 is 1.31 bits per heavy atom. The summed E-state index contributed by atoms with van der Waals surface area (Å²) in [6, 6.07) is 1.82. The number of hydrogen-bond donors (Lipinski definition) is 1. The van der Waals surface area contributed by atoms with Crippen LogP contribution in [0, 0.1) is 0 Å². The van der Waals surface area contributed by atoms with Gasteiger partial charge >= 0.3 is 0 Å². The Hall–Kier alpha value is -1.16. The van der Waals surface area contributed by atoms with Gasteiger partial charge in [0.05, 0.1) is 6.17 Å². The van der Waals surface area contributed by atoms with Crippen molar-refractivity contribution in [3.05, 3.63) is 18.5 Å². The summed E-state index contributed by atoms with van der Waals surface area (Å²) in [7, 11) is 0. The fourth-order valence-electron chi connectivity index (χ4n) is 1.65. The molecule has 0 amide bonds. The zero-order valence-electron chi connectivity index (χ0n) is 7.56. The minimum absolute atomic E-state index is 0.0937. The van der Waals surface area contributed by atoms with E-state index in [-0.39, 0.29) is 6.17 Å². The lowest BCUT2D eigenvalue weighted by atomic mass is 10.1. The lowest BCUT2D eigenvalue weighted by molar-refractivity contribution is 0.462. The van der Waals surface area contributed by atoms with Gasteiger partial charge in [0.2, 0.25) is 5.95 Å². The predicted molar refractivity (Wildman–Crippen MR) is 51.2 cm³/mol. The average molecular weight is 178 g/mol. The van der Waals surface area contributed by atoms with Crippen LogP contribution in [0.25, 0.3) is 0 Å². The van der Waals surface area contributed by atoms with Gasteiger partial charge in [-0.3, -0.25) is 0 Å². The zero-order valence-corrected chi connectivity index (χ0v) is 7.56. The van der Waals surface area contributed by atoms with E-state index in [1.165, 1.54) is 12.8 Å². The van der Waals surface area contributed by atoms with Gasteiger partial charge in [-0.15, -0.1) is 0 Å². The maximum absolute atomic E-state index is 5.96. The molecule has 1 saturated heterocycles. The molecular weight excluding hydrogens is 164 g/mol. The first-order valence-corrected chi connectivity index (χ1v) is 4.67. The number of aromatic nitrogens is 2. The minimum Gasteiger partial charge on any atom is -0.326 e. The van der Waals surface area contributed by atoms with E-state index in [1.807, 2.05) is 6.07 Å². The molecule has 1 fully saturated rings. The maximum Gasteiger partial charge on any atom is 0.226 e. The Bertz CT molecular complexity index is 262. The summed E-state index contributed by atoms with van der Waals surface area (Å²) < 4.78 is 0. The second-order valence-electron chi connectivity index (χ2n) is 3.31. The van der Waals surface area contributed by atoms with Gasteiger partial charge in [-0.2, -0.15) is 0 Å². The van der Waals surface area contributed by atoms with Crippen LogP contribution in [0.1, 0.15) is 19.3 Å². The Morgan fingerprint density at radius 3 is 2.77 bits per heavy atom. The van der Waals surface area contributed by atoms with Crippen LogP contribution in [0.15, 0.2) is 18.5 Å². The third-order valence-electron chi connectivity index (χ3n) is 2.36. The first kappa shape index (κ1) is 8.44. The van der Waals surface area contributed by atoms with E-state index in [9.17, 15) is 0 Å².